The fourth-order valence-corrected chi connectivity index (χ4v) is 3.57. The number of allylic oxidation sites excluding steroid dienone is 1. The van der Waals surface area contributed by atoms with E-state index < -0.39 is 43.1 Å². The largest absolute Gasteiger partial charge is 0.504 e. The number of phenols is 2. The molecule has 2 aromatic rings. The van der Waals surface area contributed by atoms with Crippen molar-refractivity contribution in [3.05, 3.63) is 47.2 Å². The number of carbonyl (C=O) groups excluding carboxylic acids is 1. The Bertz CT molecular complexity index is 1090. The second-order valence-electron chi connectivity index (χ2n) is 7.48. The van der Waals surface area contributed by atoms with Crippen molar-refractivity contribution >= 4 is 11.9 Å². The van der Waals surface area contributed by atoms with Gasteiger partial charge in [-0.1, -0.05) is 6.07 Å². The Hall–Kier alpha value is -3.35. The first kappa shape index (κ1) is 22.8. The number of Topliss-reactive ketones (excluding diaryl/α,β-unsaturated/α-hetero) is 1. The first-order valence-corrected chi connectivity index (χ1v) is 9.89. The fraction of sp³-hybridized carbons (Fsp3) is 0.318. The molecule has 0 spiro atoms. The molecule has 11 heteroatoms. The third-order valence-electron chi connectivity index (χ3n) is 5.35. The first-order chi connectivity index (χ1) is 15.7. The summed E-state index contributed by atoms with van der Waals surface area (Å²) in [7, 11) is 1.31. The zero-order valence-electron chi connectivity index (χ0n) is 17.3. The maximum atomic E-state index is 12.8. The second-order valence-corrected chi connectivity index (χ2v) is 7.48. The minimum atomic E-state index is -1.64. The lowest BCUT2D eigenvalue weighted by Gasteiger charge is -2.39. The number of benzene rings is 2. The predicted molar refractivity (Wildman–Crippen MR) is 110 cm³/mol. The molecule has 0 saturated carbocycles. The molecule has 0 amide bonds. The first-order valence-electron chi connectivity index (χ1n) is 9.89. The minimum absolute atomic E-state index is 0.00904. The van der Waals surface area contributed by atoms with Gasteiger partial charge in [0, 0.05) is 0 Å². The summed E-state index contributed by atoms with van der Waals surface area (Å²) < 4.78 is 22.0. The molecular formula is C22H22O11. The number of phenolic OH excluding ortho intramolecular Hbond substituents is 2. The van der Waals surface area contributed by atoms with E-state index in [1.54, 1.807) is 0 Å². The normalized spacial score (nSPS) is 27.8. The molecule has 4 rings (SSSR count). The molecule has 0 aromatic heterocycles. The van der Waals surface area contributed by atoms with Gasteiger partial charge in [-0.3, -0.25) is 4.79 Å². The van der Waals surface area contributed by atoms with E-state index in [1.807, 2.05) is 0 Å². The third kappa shape index (κ3) is 4.08. The average Bonchev–Trinajstić information content (AvgIpc) is 3.11. The summed E-state index contributed by atoms with van der Waals surface area (Å²) in [5, 5.41) is 58.5. The minimum Gasteiger partial charge on any atom is -0.504 e. The molecule has 2 heterocycles. The number of hydrogen-bond acceptors (Lipinski definition) is 11. The van der Waals surface area contributed by atoms with Crippen LogP contribution in [0.3, 0.4) is 0 Å². The van der Waals surface area contributed by atoms with E-state index in [4.69, 9.17) is 18.9 Å². The number of carbonyl (C=O) groups is 1. The van der Waals surface area contributed by atoms with Crippen LogP contribution in [0.25, 0.3) is 6.08 Å². The molecule has 0 radical (unpaired) electrons. The highest BCUT2D eigenvalue weighted by molar-refractivity contribution is 6.15. The Morgan fingerprint density at radius 2 is 1.79 bits per heavy atom. The van der Waals surface area contributed by atoms with Gasteiger partial charge in [0.05, 0.1) is 19.3 Å². The van der Waals surface area contributed by atoms with Gasteiger partial charge in [0.2, 0.25) is 17.8 Å². The molecule has 2 aliphatic heterocycles. The van der Waals surface area contributed by atoms with Crippen LogP contribution in [0.1, 0.15) is 15.9 Å². The van der Waals surface area contributed by atoms with Gasteiger partial charge >= 0.3 is 0 Å². The number of aliphatic hydroxyl groups excluding tert-OH is 4. The number of aromatic hydroxyl groups is 2. The molecule has 1 fully saturated rings. The summed E-state index contributed by atoms with van der Waals surface area (Å²) in [6, 6.07) is 6.80. The highest BCUT2D eigenvalue weighted by Crippen LogP contribution is 2.46. The Balaban J connectivity index is 1.62. The van der Waals surface area contributed by atoms with E-state index in [1.165, 1.54) is 43.5 Å². The van der Waals surface area contributed by atoms with Crippen LogP contribution >= 0.6 is 0 Å². The highest BCUT2D eigenvalue weighted by atomic mass is 16.7. The SMILES string of the molecule is COc1c(OC2OC(CO)C(O)C(O)C2O)ccc2c1O/C(=C\c1ccc(O)c(O)c1)C2=O. The van der Waals surface area contributed by atoms with E-state index in [0.717, 1.165) is 0 Å². The lowest BCUT2D eigenvalue weighted by Crippen LogP contribution is -2.60. The molecule has 6 N–H and O–H groups in total. The topological polar surface area (TPSA) is 175 Å². The van der Waals surface area contributed by atoms with Gasteiger partial charge in [-0.2, -0.15) is 0 Å². The molecule has 11 nitrogen and oxygen atoms in total. The van der Waals surface area contributed by atoms with E-state index in [9.17, 15) is 35.4 Å². The summed E-state index contributed by atoms with van der Waals surface area (Å²) in [5.74, 6) is -1.14. The number of rotatable bonds is 5. The number of methoxy groups -OCH3 is 1. The molecule has 33 heavy (non-hydrogen) atoms. The second kappa shape index (κ2) is 8.89. The molecule has 5 unspecified atom stereocenters. The Kier molecular flexibility index (Phi) is 6.15. The zero-order chi connectivity index (χ0) is 23.9. The predicted octanol–water partition coefficient (Wildman–Crippen LogP) is -0.0987. The van der Waals surface area contributed by atoms with E-state index in [0.29, 0.717) is 5.56 Å². The smallest absolute Gasteiger partial charge is 0.232 e. The molecular weight excluding hydrogens is 440 g/mol. The lowest BCUT2D eigenvalue weighted by molar-refractivity contribution is -0.277. The Labute approximate surface area is 187 Å². The van der Waals surface area contributed by atoms with Gasteiger partial charge in [-0.05, 0) is 35.9 Å². The van der Waals surface area contributed by atoms with Gasteiger partial charge in [-0.25, -0.2) is 0 Å². The fourth-order valence-electron chi connectivity index (χ4n) is 3.57. The number of ketones is 1. The molecule has 5 atom stereocenters. The van der Waals surface area contributed by atoms with Crippen molar-refractivity contribution in [2.24, 2.45) is 0 Å². The summed E-state index contributed by atoms with van der Waals surface area (Å²) in [6.07, 6.45) is -6.06. The quantitative estimate of drug-likeness (QED) is 0.258. The lowest BCUT2D eigenvalue weighted by atomic mass is 9.99. The zero-order valence-corrected chi connectivity index (χ0v) is 17.3. The number of ether oxygens (including phenoxy) is 4. The summed E-state index contributed by atoms with van der Waals surface area (Å²) in [6.45, 7) is -0.620. The average molecular weight is 462 g/mol. The van der Waals surface area contributed by atoms with Crippen LogP contribution in [-0.2, 0) is 4.74 Å². The van der Waals surface area contributed by atoms with Crippen molar-refractivity contribution in [2.45, 2.75) is 30.7 Å². The van der Waals surface area contributed by atoms with Crippen LogP contribution in [0.4, 0.5) is 0 Å². The summed E-state index contributed by atoms with van der Waals surface area (Å²) >= 11 is 0. The maximum Gasteiger partial charge on any atom is 0.232 e. The molecule has 2 aromatic carbocycles. The van der Waals surface area contributed by atoms with Gasteiger partial charge in [0.15, 0.2) is 28.8 Å². The maximum absolute atomic E-state index is 12.8. The molecule has 2 aliphatic rings. The molecule has 0 bridgehead atoms. The van der Waals surface area contributed by atoms with E-state index in [-0.39, 0.29) is 40.1 Å². The van der Waals surface area contributed by atoms with Crippen LogP contribution in [0, 0.1) is 0 Å². The highest BCUT2D eigenvalue weighted by Gasteiger charge is 2.45. The molecule has 1 saturated heterocycles. The van der Waals surface area contributed by atoms with Crippen molar-refractivity contribution in [1.29, 1.82) is 0 Å². The van der Waals surface area contributed by atoms with Crippen LogP contribution in [-0.4, -0.2) is 80.8 Å². The van der Waals surface area contributed by atoms with Crippen LogP contribution in [0.15, 0.2) is 36.1 Å². The van der Waals surface area contributed by atoms with Gasteiger partial charge in [-0.15, -0.1) is 0 Å². The van der Waals surface area contributed by atoms with Gasteiger partial charge in [0.1, 0.15) is 24.4 Å². The van der Waals surface area contributed by atoms with Crippen molar-refractivity contribution in [2.75, 3.05) is 13.7 Å². The van der Waals surface area contributed by atoms with Gasteiger partial charge in [0.25, 0.3) is 0 Å². The Morgan fingerprint density at radius 3 is 2.45 bits per heavy atom. The molecule has 176 valence electrons. The number of aliphatic hydroxyl groups is 4. The van der Waals surface area contributed by atoms with Crippen LogP contribution in [0.2, 0.25) is 0 Å². The monoisotopic (exact) mass is 462 g/mol. The van der Waals surface area contributed by atoms with Crippen molar-refractivity contribution in [3.63, 3.8) is 0 Å². The van der Waals surface area contributed by atoms with Crippen molar-refractivity contribution in [1.82, 2.24) is 0 Å². The van der Waals surface area contributed by atoms with Crippen molar-refractivity contribution < 1.29 is 54.4 Å². The van der Waals surface area contributed by atoms with E-state index >= 15 is 0 Å². The van der Waals surface area contributed by atoms with Gasteiger partial charge < -0.3 is 49.6 Å². The summed E-state index contributed by atoms with van der Waals surface area (Å²) in [4.78, 5) is 12.8. The van der Waals surface area contributed by atoms with E-state index in [2.05, 4.69) is 0 Å². The number of hydrogen-bond donors (Lipinski definition) is 6. The molecule has 0 aliphatic carbocycles. The third-order valence-corrected chi connectivity index (χ3v) is 5.35. The van der Waals surface area contributed by atoms with Crippen molar-refractivity contribution in [3.8, 4) is 28.7 Å². The standard InChI is InChI=1S/C22H22O11/c1-30-21-13(32-22-19(29)18(28)17(27)15(8-23)33-22)5-3-10-16(26)14(31-20(10)21)7-9-2-4-11(24)12(25)6-9/h2-7,15,17-19,22-25,27-29H,8H2,1H3/b14-7-. The van der Waals surface area contributed by atoms with Crippen LogP contribution in [0.5, 0.6) is 28.7 Å². The summed E-state index contributed by atoms with van der Waals surface area (Å²) in [5.41, 5.74) is 0.570. The van der Waals surface area contributed by atoms with Crippen LogP contribution < -0.4 is 14.2 Å². The number of fused-ring (bicyclic) bond motifs is 1. The Morgan fingerprint density at radius 1 is 1.03 bits per heavy atom.